The third-order valence-electron chi connectivity index (χ3n) is 4.60. The van der Waals surface area contributed by atoms with Gasteiger partial charge in [-0.05, 0) is 43.5 Å². The van der Waals surface area contributed by atoms with Crippen molar-refractivity contribution in [3.63, 3.8) is 0 Å². The van der Waals surface area contributed by atoms with E-state index >= 15 is 0 Å². The average molecular weight is 363 g/mol. The number of aryl methyl sites for hydroxylation is 2. The maximum atomic E-state index is 12.6. The molecule has 0 bridgehead atoms. The van der Waals surface area contributed by atoms with Crippen LogP contribution in [0.4, 0.5) is 11.4 Å². The van der Waals surface area contributed by atoms with Crippen LogP contribution >= 0.6 is 11.3 Å². The normalized spacial score (nSPS) is 13.3. The van der Waals surface area contributed by atoms with E-state index in [2.05, 4.69) is 33.4 Å². The lowest BCUT2D eigenvalue weighted by atomic mass is 10.0. The second-order valence-electron chi connectivity index (χ2n) is 6.53. The van der Waals surface area contributed by atoms with Crippen molar-refractivity contribution < 1.29 is 4.79 Å². The van der Waals surface area contributed by atoms with Crippen molar-refractivity contribution in [1.29, 1.82) is 0 Å². The van der Waals surface area contributed by atoms with Gasteiger partial charge in [0.05, 0.1) is 17.2 Å². The zero-order chi connectivity index (χ0) is 17.9. The summed E-state index contributed by atoms with van der Waals surface area (Å²) in [6, 6.07) is 16.2. The molecule has 3 aromatic rings. The van der Waals surface area contributed by atoms with Gasteiger partial charge in [0.15, 0.2) is 0 Å². The lowest BCUT2D eigenvalue weighted by molar-refractivity contribution is -0.115. The smallest absolute Gasteiger partial charge is 0.243 e. The van der Waals surface area contributed by atoms with Gasteiger partial charge in [0.1, 0.15) is 0 Å². The minimum absolute atomic E-state index is 0.00770. The van der Waals surface area contributed by atoms with Gasteiger partial charge in [-0.15, -0.1) is 11.3 Å². The van der Waals surface area contributed by atoms with Gasteiger partial charge < -0.3 is 10.2 Å². The molecule has 2 aromatic carbocycles. The summed E-state index contributed by atoms with van der Waals surface area (Å²) in [5, 5.41) is 6.11. The Morgan fingerprint density at radius 2 is 2.12 bits per heavy atom. The monoisotopic (exact) mass is 363 g/mol. The summed E-state index contributed by atoms with van der Waals surface area (Å²) in [6.07, 6.45) is 2.17. The van der Waals surface area contributed by atoms with E-state index in [1.165, 1.54) is 11.3 Å². The summed E-state index contributed by atoms with van der Waals surface area (Å²) in [7, 11) is 0. The van der Waals surface area contributed by atoms with Crippen LogP contribution in [0.3, 0.4) is 0 Å². The molecule has 132 valence electrons. The van der Waals surface area contributed by atoms with E-state index in [1.807, 2.05) is 42.6 Å². The molecule has 2 heterocycles. The first-order valence-electron chi connectivity index (χ1n) is 8.84. The molecule has 1 aliphatic heterocycles. The zero-order valence-electron chi connectivity index (χ0n) is 14.7. The fourth-order valence-electron chi connectivity index (χ4n) is 3.40. The maximum Gasteiger partial charge on any atom is 0.243 e. The zero-order valence-corrected chi connectivity index (χ0v) is 15.6. The van der Waals surface area contributed by atoms with Gasteiger partial charge in [-0.25, -0.2) is 4.98 Å². The van der Waals surface area contributed by atoms with Gasteiger partial charge in [0.2, 0.25) is 5.91 Å². The van der Waals surface area contributed by atoms with Crippen LogP contribution in [0.1, 0.15) is 17.0 Å². The standard InChI is InChI=1S/C21H21N3OS/c1-15-22-19(14-26-15)17-7-4-9-18(12-17)23-21(25)13-24-11-5-8-16-6-2-3-10-20(16)24/h2-4,6-7,9-10,12,14H,5,8,11,13H2,1H3,(H,23,25). The SMILES string of the molecule is Cc1nc(-c2cccc(NC(=O)CN3CCCc4ccccc43)c2)cs1. The highest BCUT2D eigenvalue weighted by molar-refractivity contribution is 7.09. The van der Waals surface area contributed by atoms with Gasteiger partial charge in [-0.1, -0.05) is 30.3 Å². The molecule has 0 saturated carbocycles. The Balaban J connectivity index is 1.46. The van der Waals surface area contributed by atoms with Gasteiger partial charge in [0, 0.05) is 28.9 Å². The molecule has 4 rings (SSSR count). The van der Waals surface area contributed by atoms with Crippen LogP contribution in [0.5, 0.6) is 0 Å². The molecule has 0 unspecified atom stereocenters. The molecule has 0 radical (unpaired) electrons. The van der Waals surface area contributed by atoms with E-state index in [-0.39, 0.29) is 5.91 Å². The van der Waals surface area contributed by atoms with Crippen LogP contribution in [0.15, 0.2) is 53.9 Å². The highest BCUT2D eigenvalue weighted by Gasteiger charge is 2.18. The molecule has 0 aliphatic carbocycles. The number of rotatable bonds is 4. The number of hydrogen-bond acceptors (Lipinski definition) is 4. The second kappa shape index (κ2) is 7.30. The topological polar surface area (TPSA) is 45.2 Å². The van der Waals surface area contributed by atoms with Crippen LogP contribution < -0.4 is 10.2 Å². The molecule has 0 saturated heterocycles. The summed E-state index contributed by atoms with van der Waals surface area (Å²) in [6.45, 7) is 3.29. The number of carbonyl (C=O) groups excluding carboxylic acids is 1. The largest absolute Gasteiger partial charge is 0.362 e. The molecule has 1 aliphatic rings. The number of anilines is 2. The summed E-state index contributed by atoms with van der Waals surface area (Å²) in [5.41, 5.74) is 5.29. The van der Waals surface area contributed by atoms with Gasteiger partial charge in [0.25, 0.3) is 0 Å². The highest BCUT2D eigenvalue weighted by Crippen LogP contribution is 2.27. The molecule has 0 fully saturated rings. The predicted molar refractivity (Wildman–Crippen MR) is 108 cm³/mol. The van der Waals surface area contributed by atoms with Crippen molar-refractivity contribution in [2.75, 3.05) is 23.3 Å². The molecule has 4 nitrogen and oxygen atoms in total. The van der Waals surface area contributed by atoms with Crippen molar-refractivity contribution in [3.05, 3.63) is 64.5 Å². The Morgan fingerprint density at radius 3 is 2.96 bits per heavy atom. The van der Waals surface area contributed by atoms with Crippen molar-refractivity contribution in [2.24, 2.45) is 0 Å². The Labute approximate surface area is 157 Å². The molecular weight excluding hydrogens is 342 g/mol. The minimum atomic E-state index is 0.00770. The van der Waals surface area contributed by atoms with E-state index in [4.69, 9.17) is 0 Å². The average Bonchev–Trinajstić information content (AvgIpc) is 3.09. The van der Waals surface area contributed by atoms with Crippen molar-refractivity contribution in [3.8, 4) is 11.3 Å². The first kappa shape index (κ1) is 16.8. The molecule has 5 heteroatoms. The summed E-state index contributed by atoms with van der Waals surface area (Å²) >= 11 is 1.63. The van der Waals surface area contributed by atoms with Crippen molar-refractivity contribution in [1.82, 2.24) is 4.98 Å². The Kier molecular flexibility index (Phi) is 4.71. The maximum absolute atomic E-state index is 12.6. The van der Waals surface area contributed by atoms with Gasteiger partial charge >= 0.3 is 0 Å². The van der Waals surface area contributed by atoms with E-state index in [0.29, 0.717) is 6.54 Å². The van der Waals surface area contributed by atoms with Crippen molar-refractivity contribution >= 4 is 28.6 Å². The minimum Gasteiger partial charge on any atom is -0.362 e. The number of para-hydroxylation sites is 1. The highest BCUT2D eigenvalue weighted by atomic mass is 32.1. The van der Waals surface area contributed by atoms with E-state index in [1.54, 1.807) is 11.3 Å². The van der Waals surface area contributed by atoms with Gasteiger partial charge in [-0.3, -0.25) is 4.79 Å². The summed E-state index contributed by atoms with van der Waals surface area (Å²) in [4.78, 5) is 19.3. The summed E-state index contributed by atoms with van der Waals surface area (Å²) in [5.74, 6) is 0.00770. The number of thiazole rings is 1. The van der Waals surface area contributed by atoms with Gasteiger partial charge in [-0.2, -0.15) is 0 Å². The molecular formula is C21H21N3OS. The Bertz CT molecular complexity index is 934. The first-order valence-corrected chi connectivity index (χ1v) is 9.72. The fraction of sp³-hybridized carbons (Fsp3) is 0.238. The molecule has 1 N–H and O–H groups in total. The Hall–Kier alpha value is -2.66. The second-order valence-corrected chi connectivity index (χ2v) is 7.60. The van der Waals surface area contributed by atoms with Crippen LogP contribution in [0.25, 0.3) is 11.3 Å². The third kappa shape index (κ3) is 3.63. The van der Waals surface area contributed by atoms with Crippen LogP contribution in [-0.4, -0.2) is 24.0 Å². The van der Waals surface area contributed by atoms with Crippen LogP contribution in [0, 0.1) is 6.92 Å². The first-order chi connectivity index (χ1) is 12.7. The number of carbonyl (C=O) groups is 1. The summed E-state index contributed by atoms with van der Waals surface area (Å²) < 4.78 is 0. The fourth-order valence-corrected chi connectivity index (χ4v) is 4.02. The molecule has 26 heavy (non-hydrogen) atoms. The predicted octanol–water partition coefficient (Wildman–Crippen LogP) is 4.51. The lowest BCUT2D eigenvalue weighted by Gasteiger charge is -2.30. The molecule has 1 aromatic heterocycles. The third-order valence-corrected chi connectivity index (χ3v) is 5.38. The number of nitrogens with one attached hydrogen (secondary N) is 1. The van der Waals surface area contributed by atoms with E-state index in [0.717, 1.165) is 41.3 Å². The molecule has 1 amide bonds. The number of fused-ring (bicyclic) bond motifs is 1. The number of nitrogens with zero attached hydrogens (tertiary/aromatic N) is 2. The number of hydrogen-bond donors (Lipinski definition) is 1. The van der Waals surface area contributed by atoms with Crippen LogP contribution in [-0.2, 0) is 11.2 Å². The number of benzene rings is 2. The number of aromatic nitrogens is 1. The van der Waals surface area contributed by atoms with E-state index in [9.17, 15) is 4.79 Å². The molecule has 0 atom stereocenters. The molecule has 0 spiro atoms. The van der Waals surface area contributed by atoms with Crippen LogP contribution in [0.2, 0.25) is 0 Å². The van der Waals surface area contributed by atoms with Crippen molar-refractivity contribution in [2.45, 2.75) is 19.8 Å². The van der Waals surface area contributed by atoms with E-state index < -0.39 is 0 Å². The lowest BCUT2D eigenvalue weighted by Crippen LogP contribution is -2.36. The quantitative estimate of drug-likeness (QED) is 0.742. The Morgan fingerprint density at radius 1 is 1.23 bits per heavy atom. The number of amides is 1.